The molecule has 2 aliphatic heterocycles. The maximum atomic E-state index is 11.1. The number of carboxylic acid groups (broad SMARTS) is 1. The third kappa shape index (κ3) is 5.27. The molecule has 0 aliphatic carbocycles. The van der Waals surface area contributed by atoms with Crippen LogP contribution in [0.15, 0.2) is 0 Å². The van der Waals surface area contributed by atoms with Crippen LogP contribution in [0.3, 0.4) is 0 Å². The van der Waals surface area contributed by atoms with Crippen LogP contribution >= 0.6 is 11.8 Å². The van der Waals surface area contributed by atoms with Crippen molar-refractivity contribution in [3.05, 3.63) is 0 Å². The van der Waals surface area contributed by atoms with E-state index in [0.29, 0.717) is 5.25 Å². The van der Waals surface area contributed by atoms with Gasteiger partial charge in [-0.15, -0.1) is 0 Å². The van der Waals surface area contributed by atoms with Crippen LogP contribution in [0.5, 0.6) is 0 Å². The average Bonchev–Trinajstić information content (AvgIpc) is 2.85. The summed E-state index contributed by atoms with van der Waals surface area (Å²) < 4.78 is 16.7. The molecular formula is C10H17N2O5S2-. The number of hydrogen-bond donors (Lipinski definition) is 3. The van der Waals surface area contributed by atoms with E-state index in [0.717, 1.165) is 25.0 Å². The first-order chi connectivity index (χ1) is 9.08. The lowest BCUT2D eigenvalue weighted by Gasteiger charge is -2.16. The molecule has 7 nitrogen and oxygen atoms in total. The zero-order chi connectivity index (χ0) is 14.3. The number of carboxylic acids is 1. The number of carbonyl (C=O) groups is 2. The molecule has 2 aliphatic rings. The lowest BCUT2D eigenvalue weighted by atomic mass is 10.0. The summed E-state index contributed by atoms with van der Waals surface area (Å²) in [6, 6.07) is 0.440. The molecule has 19 heavy (non-hydrogen) atoms. The summed E-state index contributed by atoms with van der Waals surface area (Å²) in [5.41, 5.74) is 0. The van der Waals surface area contributed by atoms with Gasteiger partial charge in [-0.3, -0.25) is 4.79 Å². The molecule has 0 spiro atoms. The molecule has 110 valence electrons. The van der Waals surface area contributed by atoms with Crippen molar-refractivity contribution in [2.75, 3.05) is 5.75 Å². The Hall–Kier alpha value is -0.960. The monoisotopic (exact) mass is 309 g/mol. The minimum Gasteiger partial charge on any atom is -0.481 e. The molecule has 0 bridgehead atoms. The first-order valence-electron chi connectivity index (χ1n) is 5.94. The van der Waals surface area contributed by atoms with Crippen molar-refractivity contribution in [3.63, 3.8) is 0 Å². The third-order valence-electron chi connectivity index (χ3n) is 3.07. The Balaban J connectivity index is 0.000000550. The Morgan fingerprint density at radius 2 is 2.05 bits per heavy atom. The number of nitrogens with one attached hydrogen (secondary N) is 2. The molecule has 2 saturated heterocycles. The largest absolute Gasteiger partial charge is 0.481 e. The number of hydrogen-bond acceptors (Lipinski definition) is 6. The zero-order valence-corrected chi connectivity index (χ0v) is 11.9. The van der Waals surface area contributed by atoms with E-state index in [9.17, 15) is 9.59 Å². The van der Waals surface area contributed by atoms with E-state index in [-0.39, 0.29) is 24.5 Å². The van der Waals surface area contributed by atoms with Gasteiger partial charge in [0.25, 0.3) is 0 Å². The lowest BCUT2D eigenvalue weighted by molar-refractivity contribution is -0.137. The molecule has 0 aromatic rings. The van der Waals surface area contributed by atoms with Gasteiger partial charge < -0.3 is 24.2 Å². The van der Waals surface area contributed by atoms with Gasteiger partial charge in [0.2, 0.25) is 0 Å². The Bertz CT molecular complexity index is 373. The fraction of sp³-hybridized carbons (Fsp3) is 0.800. The van der Waals surface area contributed by atoms with Gasteiger partial charge in [0.1, 0.15) is 0 Å². The van der Waals surface area contributed by atoms with Crippen molar-refractivity contribution in [1.82, 2.24) is 10.6 Å². The molecule has 9 heteroatoms. The van der Waals surface area contributed by atoms with Gasteiger partial charge in [0.15, 0.2) is 0 Å². The molecule has 2 heterocycles. The number of carbonyl (C=O) groups excluding carboxylic acids is 1. The van der Waals surface area contributed by atoms with Gasteiger partial charge in [-0.05, 0) is 12.8 Å². The van der Waals surface area contributed by atoms with E-state index in [1.165, 1.54) is 0 Å². The molecule has 0 aromatic carbocycles. The highest BCUT2D eigenvalue weighted by Gasteiger charge is 2.42. The first kappa shape index (κ1) is 16.1. The summed E-state index contributed by atoms with van der Waals surface area (Å²) in [4.78, 5) is 21.5. The van der Waals surface area contributed by atoms with E-state index in [4.69, 9.17) is 13.5 Å². The summed E-state index contributed by atoms with van der Waals surface area (Å²) in [6.45, 7) is 0. The number of rotatable bonds is 5. The maximum Gasteiger partial charge on any atom is 0.315 e. The summed E-state index contributed by atoms with van der Waals surface area (Å²) >= 11 is 0.787. The fourth-order valence-corrected chi connectivity index (χ4v) is 3.81. The second-order valence-electron chi connectivity index (χ2n) is 4.34. The quantitative estimate of drug-likeness (QED) is 0.291. The Morgan fingerprint density at radius 1 is 1.37 bits per heavy atom. The molecule has 3 N–H and O–H groups in total. The van der Waals surface area contributed by atoms with Gasteiger partial charge in [-0.1, -0.05) is 18.0 Å². The Kier molecular flexibility index (Phi) is 7.00. The number of unbranched alkanes of at least 4 members (excludes halogenated alkanes) is 1. The van der Waals surface area contributed by atoms with E-state index >= 15 is 0 Å². The van der Waals surface area contributed by atoms with Crippen LogP contribution in [0.1, 0.15) is 25.7 Å². The number of amides is 2. The zero-order valence-electron chi connectivity index (χ0n) is 10.2. The molecule has 2 fully saturated rings. The van der Waals surface area contributed by atoms with Crippen molar-refractivity contribution in [3.8, 4) is 0 Å². The van der Waals surface area contributed by atoms with Crippen LogP contribution in [-0.4, -0.2) is 40.2 Å². The highest BCUT2D eigenvalue weighted by molar-refractivity contribution is 8.00. The van der Waals surface area contributed by atoms with Crippen LogP contribution in [0.2, 0.25) is 0 Å². The molecule has 2 rings (SSSR count). The minimum atomic E-state index is -1.08. The van der Waals surface area contributed by atoms with Gasteiger partial charge in [-0.25, -0.2) is 4.79 Å². The molecule has 0 saturated carbocycles. The number of fused-ring (bicyclic) bond motifs is 1. The number of thiol groups is 1. The molecule has 2 amide bonds. The summed E-state index contributed by atoms with van der Waals surface area (Å²) in [6.07, 6.45) is 2.88. The predicted molar refractivity (Wildman–Crippen MR) is 71.7 cm³/mol. The Labute approximate surface area is 118 Å². The lowest BCUT2D eigenvalue weighted by Crippen LogP contribution is -2.36. The molecule has 0 unspecified atom stereocenters. The Morgan fingerprint density at radius 3 is 2.68 bits per heavy atom. The van der Waals surface area contributed by atoms with Crippen LogP contribution in [0.4, 0.5) is 4.79 Å². The van der Waals surface area contributed by atoms with Crippen molar-refractivity contribution in [1.29, 1.82) is 0 Å². The van der Waals surface area contributed by atoms with E-state index in [1.807, 2.05) is 11.8 Å². The maximum absolute atomic E-state index is 11.1. The third-order valence-corrected chi connectivity index (χ3v) is 4.58. The summed E-state index contributed by atoms with van der Waals surface area (Å²) in [5.74, 6) is 0.236. The van der Waals surface area contributed by atoms with Crippen molar-refractivity contribution < 1.29 is 23.1 Å². The van der Waals surface area contributed by atoms with Crippen LogP contribution in [-0.2, 0) is 24.8 Å². The van der Waals surface area contributed by atoms with Gasteiger partial charge in [0, 0.05) is 17.4 Å². The smallest absolute Gasteiger partial charge is 0.315 e. The minimum absolute atomic E-state index is 0.0640. The molecule has 0 aromatic heterocycles. The molecule has 0 radical (unpaired) electrons. The number of aliphatic carboxylic acids is 1. The van der Waals surface area contributed by atoms with Gasteiger partial charge in [-0.2, -0.15) is 11.8 Å². The van der Waals surface area contributed by atoms with Crippen LogP contribution < -0.4 is 10.6 Å². The standard InChI is InChI=1S/C10H16N2O3S.HO2S/c13-8(14)4-2-1-3-7-9-6(5-16-7)11-10(15)12-9;1-3-2/h6-7,9H,1-5H2,(H,13,14)(H2,11,12,15);3H/q;-1/t6-,7-,9-;/m0./s1. The fourth-order valence-electron chi connectivity index (χ4n) is 2.26. The number of thioether (sulfide) groups is 1. The molecular weight excluding hydrogens is 292 g/mol. The predicted octanol–water partition coefficient (Wildman–Crippen LogP) is 0.289. The van der Waals surface area contributed by atoms with Gasteiger partial charge in [0.05, 0.1) is 12.1 Å². The first-order valence-corrected chi connectivity index (χ1v) is 7.71. The summed E-state index contributed by atoms with van der Waals surface area (Å²) in [5, 5.41) is 14.8. The van der Waals surface area contributed by atoms with Gasteiger partial charge >= 0.3 is 12.0 Å². The van der Waals surface area contributed by atoms with Crippen LogP contribution in [0.25, 0.3) is 0 Å². The van der Waals surface area contributed by atoms with E-state index < -0.39 is 17.5 Å². The highest BCUT2D eigenvalue weighted by atomic mass is 32.2. The molecule has 3 atom stereocenters. The number of urea groups is 1. The van der Waals surface area contributed by atoms with Crippen molar-refractivity contribution in [2.24, 2.45) is 0 Å². The van der Waals surface area contributed by atoms with E-state index in [1.54, 1.807) is 0 Å². The average molecular weight is 309 g/mol. The SMILES string of the molecule is O=C(O)CCCC[C@@H]1SC[C@@H]2NC(=O)N[C@@H]21.O=[SH-]=O. The normalized spacial score (nSPS) is 27.8. The second kappa shape index (κ2) is 8.26. The van der Waals surface area contributed by atoms with Crippen molar-refractivity contribution >= 4 is 35.3 Å². The van der Waals surface area contributed by atoms with E-state index in [2.05, 4.69) is 10.6 Å². The second-order valence-corrected chi connectivity index (χ2v) is 5.76. The topological polar surface area (TPSA) is 113 Å². The van der Waals surface area contributed by atoms with Crippen LogP contribution in [0, 0.1) is 0 Å². The summed E-state index contributed by atoms with van der Waals surface area (Å²) in [7, 11) is 0. The highest BCUT2D eigenvalue weighted by Crippen LogP contribution is 2.33. The van der Waals surface area contributed by atoms with Crippen molar-refractivity contribution in [2.45, 2.75) is 43.0 Å².